The molecular weight excluding hydrogens is 240 g/mol. The molecule has 3 atom stereocenters. The summed E-state index contributed by atoms with van der Waals surface area (Å²) in [6.07, 6.45) is 5.03. The predicted octanol–water partition coefficient (Wildman–Crippen LogP) is 2.04. The van der Waals surface area contributed by atoms with Gasteiger partial charge < -0.3 is 11.1 Å². The van der Waals surface area contributed by atoms with Gasteiger partial charge in [-0.3, -0.25) is 9.48 Å². The van der Waals surface area contributed by atoms with Gasteiger partial charge in [-0.15, -0.1) is 0 Å². The molecule has 1 heterocycles. The quantitative estimate of drug-likeness (QED) is 0.877. The highest BCUT2D eigenvalue weighted by molar-refractivity contribution is 5.97. The summed E-state index contributed by atoms with van der Waals surface area (Å²) in [5, 5.41) is 7.25. The maximum Gasteiger partial charge on any atom is 0.271 e. The van der Waals surface area contributed by atoms with E-state index in [1.807, 2.05) is 6.92 Å². The number of hydrogen-bond donors (Lipinski definition) is 2. The Kier molecular flexibility index (Phi) is 4.12. The van der Waals surface area contributed by atoms with Crippen molar-refractivity contribution in [2.24, 2.45) is 11.8 Å². The van der Waals surface area contributed by atoms with E-state index in [1.165, 1.54) is 12.8 Å². The Morgan fingerprint density at radius 1 is 1.53 bits per heavy atom. The molecule has 5 nitrogen and oxygen atoms in total. The van der Waals surface area contributed by atoms with Crippen LogP contribution in [0.3, 0.4) is 0 Å². The van der Waals surface area contributed by atoms with E-state index in [1.54, 1.807) is 10.9 Å². The molecule has 5 heteroatoms. The van der Waals surface area contributed by atoms with E-state index < -0.39 is 0 Å². The Hall–Kier alpha value is -1.52. The molecule has 0 spiro atoms. The second kappa shape index (κ2) is 5.63. The van der Waals surface area contributed by atoms with Gasteiger partial charge in [0.05, 0.1) is 11.9 Å². The summed E-state index contributed by atoms with van der Waals surface area (Å²) in [7, 11) is 0. The number of aromatic nitrogens is 2. The number of nitrogen functional groups attached to an aromatic ring is 1. The van der Waals surface area contributed by atoms with Crippen molar-refractivity contribution < 1.29 is 4.79 Å². The fraction of sp³-hybridized carbons (Fsp3) is 0.714. The van der Waals surface area contributed by atoms with Gasteiger partial charge >= 0.3 is 0 Å². The van der Waals surface area contributed by atoms with Crippen LogP contribution >= 0.6 is 0 Å². The van der Waals surface area contributed by atoms with Crippen LogP contribution in [0.5, 0.6) is 0 Å². The Labute approximate surface area is 114 Å². The minimum absolute atomic E-state index is 0.0946. The topological polar surface area (TPSA) is 72.9 Å². The first-order valence-corrected chi connectivity index (χ1v) is 7.16. The molecule has 1 aromatic heterocycles. The first-order valence-electron chi connectivity index (χ1n) is 7.16. The number of nitrogens with two attached hydrogens (primary N) is 1. The van der Waals surface area contributed by atoms with Crippen LogP contribution in [-0.4, -0.2) is 21.7 Å². The summed E-state index contributed by atoms with van der Waals surface area (Å²) in [5.41, 5.74) is 6.79. The van der Waals surface area contributed by atoms with Gasteiger partial charge in [0.1, 0.15) is 5.69 Å². The van der Waals surface area contributed by atoms with Gasteiger partial charge in [0.15, 0.2) is 0 Å². The summed E-state index contributed by atoms with van der Waals surface area (Å²) in [4.78, 5) is 12.4. The molecule has 0 radical (unpaired) electrons. The van der Waals surface area contributed by atoms with Crippen LogP contribution in [0.25, 0.3) is 0 Å². The molecule has 3 N–H and O–H groups in total. The number of hydrogen-bond acceptors (Lipinski definition) is 3. The molecule has 19 heavy (non-hydrogen) atoms. The lowest BCUT2D eigenvalue weighted by Crippen LogP contribution is -2.44. The maximum absolute atomic E-state index is 12.4. The highest BCUT2D eigenvalue weighted by atomic mass is 16.2. The largest absolute Gasteiger partial charge is 0.396 e. The number of anilines is 1. The van der Waals surface area contributed by atoms with E-state index in [-0.39, 0.29) is 11.9 Å². The van der Waals surface area contributed by atoms with Crippen LogP contribution in [0, 0.1) is 11.8 Å². The van der Waals surface area contributed by atoms with E-state index in [2.05, 4.69) is 24.3 Å². The summed E-state index contributed by atoms with van der Waals surface area (Å²) < 4.78 is 1.65. The number of nitrogens with one attached hydrogen (secondary N) is 1. The second-order valence-electron chi connectivity index (χ2n) is 5.61. The highest BCUT2D eigenvalue weighted by Gasteiger charge is 2.29. The standard InChI is InChI=1S/C14H24N4O/c1-4-18-13(11(15)8-16-18)14(19)17-12-7-5-6-9(2)10(12)3/h8-10,12H,4-7,15H2,1-3H3,(H,17,19). The summed E-state index contributed by atoms with van der Waals surface area (Å²) in [6.45, 7) is 7.08. The zero-order valence-corrected chi connectivity index (χ0v) is 12.0. The summed E-state index contributed by atoms with van der Waals surface area (Å²) >= 11 is 0. The normalized spacial score (nSPS) is 27.2. The highest BCUT2D eigenvalue weighted by Crippen LogP contribution is 2.29. The Morgan fingerprint density at radius 2 is 2.26 bits per heavy atom. The number of rotatable bonds is 3. The predicted molar refractivity (Wildman–Crippen MR) is 75.7 cm³/mol. The third-order valence-corrected chi connectivity index (χ3v) is 4.41. The smallest absolute Gasteiger partial charge is 0.271 e. The number of carbonyl (C=O) groups is 1. The fourth-order valence-electron chi connectivity index (χ4n) is 2.91. The van der Waals surface area contributed by atoms with Crippen LogP contribution in [0.4, 0.5) is 5.69 Å². The fourth-order valence-corrected chi connectivity index (χ4v) is 2.91. The Morgan fingerprint density at radius 3 is 2.95 bits per heavy atom. The van der Waals surface area contributed by atoms with Gasteiger partial charge in [0.2, 0.25) is 0 Å². The van der Waals surface area contributed by atoms with E-state index in [4.69, 9.17) is 5.73 Å². The lowest BCUT2D eigenvalue weighted by Gasteiger charge is -2.34. The van der Waals surface area contributed by atoms with Crippen molar-refractivity contribution in [1.29, 1.82) is 0 Å². The lowest BCUT2D eigenvalue weighted by molar-refractivity contribution is 0.0881. The zero-order chi connectivity index (χ0) is 14.0. The van der Waals surface area contributed by atoms with Crippen molar-refractivity contribution in [3.63, 3.8) is 0 Å². The molecule has 1 aromatic rings. The van der Waals surface area contributed by atoms with Gasteiger partial charge in [-0.05, 0) is 25.2 Å². The molecular formula is C14H24N4O. The van der Waals surface area contributed by atoms with Crippen molar-refractivity contribution in [3.05, 3.63) is 11.9 Å². The van der Waals surface area contributed by atoms with Gasteiger partial charge in [-0.25, -0.2) is 0 Å². The average molecular weight is 264 g/mol. The van der Waals surface area contributed by atoms with Gasteiger partial charge in [0, 0.05) is 12.6 Å². The Balaban J connectivity index is 2.10. The van der Waals surface area contributed by atoms with E-state index >= 15 is 0 Å². The SMILES string of the molecule is CCn1ncc(N)c1C(=O)NC1CCCC(C)C1C. The lowest BCUT2D eigenvalue weighted by atomic mass is 9.78. The molecule has 1 saturated carbocycles. The third kappa shape index (κ3) is 2.74. The first-order chi connectivity index (χ1) is 9.04. The van der Waals surface area contributed by atoms with E-state index in [0.717, 1.165) is 6.42 Å². The Bertz CT molecular complexity index is 454. The van der Waals surface area contributed by atoms with Crippen LogP contribution in [-0.2, 0) is 6.54 Å². The maximum atomic E-state index is 12.4. The van der Waals surface area contributed by atoms with E-state index in [9.17, 15) is 4.79 Å². The second-order valence-corrected chi connectivity index (χ2v) is 5.61. The van der Waals surface area contributed by atoms with Gasteiger partial charge in [-0.1, -0.05) is 26.7 Å². The van der Waals surface area contributed by atoms with Gasteiger partial charge in [0.25, 0.3) is 5.91 Å². The molecule has 1 aliphatic rings. The molecule has 0 saturated heterocycles. The van der Waals surface area contributed by atoms with Crippen LogP contribution in [0.15, 0.2) is 6.20 Å². The molecule has 1 amide bonds. The summed E-state index contributed by atoms with van der Waals surface area (Å²) in [5.74, 6) is 1.08. The van der Waals surface area contributed by atoms with E-state index in [0.29, 0.717) is 29.8 Å². The van der Waals surface area contributed by atoms with Crippen LogP contribution < -0.4 is 11.1 Å². The zero-order valence-electron chi connectivity index (χ0n) is 12.0. The van der Waals surface area contributed by atoms with Crippen molar-refractivity contribution >= 4 is 11.6 Å². The average Bonchev–Trinajstić information content (AvgIpc) is 2.76. The molecule has 0 aliphatic heterocycles. The molecule has 0 bridgehead atoms. The molecule has 0 aromatic carbocycles. The van der Waals surface area contributed by atoms with Crippen molar-refractivity contribution in [2.45, 2.75) is 52.6 Å². The minimum Gasteiger partial charge on any atom is -0.396 e. The van der Waals surface area contributed by atoms with Crippen LogP contribution in [0.1, 0.15) is 50.5 Å². The number of nitrogens with zero attached hydrogens (tertiary/aromatic N) is 2. The first kappa shape index (κ1) is 13.9. The monoisotopic (exact) mass is 264 g/mol. The number of aryl methyl sites for hydroxylation is 1. The number of carbonyl (C=O) groups excluding carboxylic acids is 1. The number of amides is 1. The van der Waals surface area contributed by atoms with Crippen molar-refractivity contribution in [2.75, 3.05) is 5.73 Å². The third-order valence-electron chi connectivity index (χ3n) is 4.41. The molecule has 106 valence electrons. The molecule has 1 fully saturated rings. The molecule has 3 unspecified atom stereocenters. The molecule has 1 aliphatic carbocycles. The molecule has 2 rings (SSSR count). The van der Waals surface area contributed by atoms with Crippen molar-refractivity contribution in [3.8, 4) is 0 Å². The minimum atomic E-state index is -0.0946. The summed E-state index contributed by atoms with van der Waals surface area (Å²) in [6, 6.07) is 0.246. The van der Waals surface area contributed by atoms with Crippen LogP contribution in [0.2, 0.25) is 0 Å². The van der Waals surface area contributed by atoms with Gasteiger partial charge in [-0.2, -0.15) is 5.10 Å². The van der Waals surface area contributed by atoms with Crippen molar-refractivity contribution in [1.82, 2.24) is 15.1 Å².